The second-order valence-electron chi connectivity index (χ2n) is 7.61. The first-order valence-electron chi connectivity index (χ1n) is 9.94. The molecule has 0 saturated carbocycles. The van der Waals surface area contributed by atoms with E-state index in [0.717, 1.165) is 22.0 Å². The van der Waals surface area contributed by atoms with Crippen LogP contribution in [-0.2, 0) is 11.2 Å². The van der Waals surface area contributed by atoms with Crippen LogP contribution in [0.5, 0.6) is 0 Å². The molecule has 0 aliphatic heterocycles. The number of hydrogen-bond donors (Lipinski definition) is 3. The zero-order valence-electron chi connectivity index (χ0n) is 16.9. The molecule has 0 spiro atoms. The number of halogens is 2. The number of aromatic nitrogens is 1. The van der Waals surface area contributed by atoms with Crippen molar-refractivity contribution in [2.24, 2.45) is 5.16 Å². The normalized spacial score (nSPS) is 13.8. The summed E-state index contributed by atoms with van der Waals surface area (Å²) >= 11 is 5.93. The van der Waals surface area contributed by atoms with Crippen molar-refractivity contribution in [3.63, 3.8) is 0 Å². The van der Waals surface area contributed by atoms with Crippen molar-refractivity contribution in [1.29, 1.82) is 0 Å². The third-order valence-corrected chi connectivity index (χ3v) is 5.74. The van der Waals surface area contributed by atoms with E-state index in [2.05, 4.69) is 10.1 Å². The second kappa shape index (κ2) is 8.85. The zero-order chi connectivity index (χ0) is 22.7. The predicted molar refractivity (Wildman–Crippen MR) is 123 cm³/mol. The smallest absolute Gasteiger partial charge is 0.342 e. The summed E-state index contributed by atoms with van der Waals surface area (Å²) in [5.41, 5.74) is 0.913. The zero-order valence-corrected chi connectivity index (χ0v) is 17.7. The van der Waals surface area contributed by atoms with Crippen molar-refractivity contribution in [2.45, 2.75) is 18.5 Å². The van der Waals surface area contributed by atoms with Gasteiger partial charge in [-0.15, -0.1) is 0 Å². The van der Waals surface area contributed by atoms with E-state index >= 15 is 4.39 Å². The van der Waals surface area contributed by atoms with E-state index in [-0.39, 0.29) is 12.1 Å². The molecule has 1 atom stereocenters. The molecular formula is C25H20ClFN2O3. The minimum Gasteiger partial charge on any atom is -0.479 e. The monoisotopic (exact) mass is 450 g/mol. The lowest BCUT2D eigenvalue weighted by atomic mass is 9.88. The van der Waals surface area contributed by atoms with Crippen LogP contribution in [0, 0.1) is 0 Å². The third kappa shape index (κ3) is 4.36. The summed E-state index contributed by atoms with van der Waals surface area (Å²) in [5, 5.41) is 23.8. The van der Waals surface area contributed by atoms with Crippen molar-refractivity contribution in [3.8, 4) is 11.1 Å². The van der Waals surface area contributed by atoms with E-state index in [1.54, 1.807) is 48.7 Å². The Kier molecular flexibility index (Phi) is 5.97. The maximum absolute atomic E-state index is 15.7. The van der Waals surface area contributed by atoms with Crippen LogP contribution < -0.4 is 0 Å². The molecule has 3 aromatic carbocycles. The number of nitrogens with zero attached hydrogens (tertiary/aromatic N) is 1. The van der Waals surface area contributed by atoms with E-state index in [4.69, 9.17) is 11.6 Å². The van der Waals surface area contributed by atoms with Crippen molar-refractivity contribution in [1.82, 2.24) is 4.98 Å². The minimum atomic E-state index is -2.65. The topological polar surface area (TPSA) is 85.7 Å². The molecule has 0 aliphatic carbocycles. The van der Waals surface area contributed by atoms with Gasteiger partial charge < -0.3 is 15.3 Å². The molecule has 5 nitrogen and oxygen atoms in total. The van der Waals surface area contributed by atoms with Gasteiger partial charge in [0.1, 0.15) is 0 Å². The molecule has 0 aliphatic rings. The number of hydrogen-bond acceptors (Lipinski definition) is 3. The fourth-order valence-electron chi connectivity index (χ4n) is 3.75. The number of aromatic amines is 1. The molecule has 0 amide bonds. The summed E-state index contributed by atoms with van der Waals surface area (Å²) in [6.07, 6.45) is 0.658. The van der Waals surface area contributed by atoms with E-state index < -0.39 is 18.1 Å². The Labute approximate surface area is 188 Å². The Morgan fingerprint density at radius 2 is 1.62 bits per heavy atom. The van der Waals surface area contributed by atoms with Crippen LogP contribution >= 0.6 is 11.6 Å². The van der Waals surface area contributed by atoms with Crippen LogP contribution in [0.15, 0.2) is 84.1 Å². The first-order chi connectivity index (χ1) is 15.4. The summed E-state index contributed by atoms with van der Waals surface area (Å²) in [6, 6.07) is 21.5. The highest BCUT2D eigenvalue weighted by atomic mass is 35.5. The van der Waals surface area contributed by atoms with Gasteiger partial charge in [0.15, 0.2) is 0 Å². The van der Waals surface area contributed by atoms with Gasteiger partial charge in [-0.2, -0.15) is 0 Å². The van der Waals surface area contributed by atoms with Crippen molar-refractivity contribution < 1.29 is 19.5 Å². The maximum atomic E-state index is 15.7. The van der Waals surface area contributed by atoms with Gasteiger partial charge >= 0.3 is 5.97 Å². The molecular weight excluding hydrogens is 431 g/mol. The van der Waals surface area contributed by atoms with Crippen molar-refractivity contribution >= 4 is 34.2 Å². The average Bonchev–Trinajstić information content (AvgIpc) is 3.21. The van der Waals surface area contributed by atoms with Crippen LogP contribution in [0.1, 0.15) is 17.5 Å². The van der Waals surface area contributed by atoms with Gasteiger partial charge in [-0.05, 0) is 40.5 Å². The molecule has 32 heavy (non-hydrogen) atoms. The van der Waals surface area contributed by atoms with E-state index in [1.165, 1.54) is 0 Å². The highest BCUT2D eigenvalue weighted by Gasteiger charge is 2.41. The summed E-state index contributed by atoms with van der Waals surface area (Å²) < 4.78 is 15.7. The molecule has 0 fully saturated rings. The molecule has 3 N–H and O–H groups in total. The van der Waals surface area contributed by atoms with Gasteiger partial charge in [-0.25, -0.2) is 9.18 Å². The number of aliphatic carboxylic acids is 1. The number of carboxylic acid groups (broad SMARTS) is 1. The molecule has 1 aromatic heterocycles. The number of alkyl halides is 1. The fourth-order valence-corrected chi connectivity index (χ4v) is 3.88. The molecule has 7 heteroatoms. The lowest BCUT2D eigenvalue weighted by molar-refractivity contribution is -0.150. The van der Waals surface area contributed by atoms with Gasteiger partial charge in [0.2, 0.25) is 5.67 Å². The third-order valence-electron chi connectivity index (χ3n) is 5.49. The Hall–Kier alpha value is -3.64. The summed E-state index contributed by atoms with van der Waals surface area (Å²) in [6.45, 7) is 0. The van der Waals surface area contributed by atoms with E-state index in [1.807, 2.05) is 30.3 Å². The number of nitrogens with one attached hydrogen (secondary N) is 1. The highest BCUT2D eigenvalue weighted by Crippen LogP contribution is 2.30. The second-order valence-corrected chi connectivity index (χ2v) is 8.05. The van der Waals surface area contributed by atoms with Gasteiger partial charge in [0, 0.05) is 35.0 Å². The lowest BCUT2D eigenvalue weighted by Gasteiger charge is -2.21. The number of H-pyrrole nitrogens is 1. The minimum absolute atomic E-state index is 0.0441. The van der Waals surface area contributed by atoms with Crippen LogP contribution in [0.3, 0.4) is 0 Å². The molecule has 1 unspecified atom stereocenters. The largest absolute Gasteiger partial charge is 0.479 e. The molecule has 4 rings (SSSR count). The average molecular weight is 451 g/mol. The quantitative estimate of drug-likeness (QED) is 0.181. The van der Waals surface area contributed by atoms with Crippen LogP contribution in [0.4, 0.5) is 4.39 Å². The Morgan fingerprint density at radius 1 is 1.00 bits per heavy atom. The molecule has 162 valence electrons. The molecule has 1 heterocycles. The molecule has 0 radical (unpaired) electrons. The number of oxime groups is 1. The maximum Gasteiger partial charge on any atom is 0.342 e. The molecule has 4 aromatic rings. The number of rotatable bonds is 7. The number of fused-ring (bicyclic) bond motifs is 1. The highest BCUT2D eigenvalue weighted by molar-refractivity contribution is 6.30. The number of benzene rings is 3. The summed E-state index contributed by atoms with van der Waals surface area (Å²) in [5.74, 6) is -1.61. The number of carbonyl (C=O) groups is 1. The SMILES string of the molecule is O=C(O)C(F)(C/C(=N\O)c1ccc(-c2ccc(Cl)cc2)cc1)Cc1c[nH]c2ccccc12. The van der Waals surface area contributed by atoms with Crippen LogP contribution in [0.2, 0.25) is 5.02 Å². The van der Waals surface area contributed by atoms with Gasteiger partial charge in [-0.3, -0.25) is 0 Å². The summed E-state index contributed by atoms with van der Waals surface area (Å²) in [4.78, 5) is 14.9. The molecule has 0 bridgehead atoms. The lowest BCUT2D eigenvalue weighted by Crippen LogP contribution is -2.38. The summed E-state index contributed by atoms with van der Waals surface area (Å²) in [7, 11) is 0. The van der Waals surface area contributed by atoms with Crippen molar-refractivity contribution in [2.75, 3.05) is 0 Å². The van der Waals surface area contributed by atoms with Crippen LogP contribution in [0.25, 0.3) is 22.0 Å². The Balaban J connectivity index is 1.59. The number of para-hydroxylation sites is 1. The Bertz CT molecular complexity index is 1280. The van der Waals surface area contributed by atoms with E-state index in [9.17, 15) is 15.1 Å². The van der Waals surface area contributed by atoms with Gasteiger partial charge in [-0.1, -0.05) is 71.4 Å². The fraction of sp³-hybridized carbons (Fsp3) is 0.120. The van der Waals surface area contributed by atoms with Gasteiger partial charge in [0.05, 0.1) is 5.71 Å². The predicted octanol–water partition coefficient (Wildman–Crippen LogP) is 6.09. The van der Waals surface area contributed by atoms with Crippen molar-refractivity contribution in [3.05, 3.63) is 95.1 Å². The van der Waals surface area contributed by atoms with E-state index in [0.29, 0.717) is 16.1 Å². The number of carboxylic acids is 1. The Morgan fingerprint density at radius 3 is 2.25 bits per heavy atom. The van der Waals surface area contributed by atoms with Crippen LogP contribution in [-0.4, -0.2) is 32.6 Å². The standard InChI is InChI=1S/C25H20ClFN2O3/c26-20-11-9-17(10-12-20)16-5-7-18(8-6-16)23(29-32)14-25(27,24(30)31)13-19-15-28-22-4-2-1-3-21(19)22/h1-12,15,28,32H,13-14H2,(H,30,31)/b29-23+. The van der Waals surface area contributed by atoms with Gasteiger partial charge in [0.25, 0.3) is 0 Å². The molecule has 0 saturated heterocycles. The first-order valence-corrected chi connectivity index (χ1v) is 10.3. The first kappa shape index (κ1) is 21.6.